The van der Waals surface area contributed by atoms with Gasteiger partial charge in [-0.05, 0) is 51.1 Å². The van der Waals surface area contributed by atoms with Gasteiger partial charge >= 0.3 is 0 Å². The second-order valence-corrected chi connectivity index (χ2v) is 6.09. The van der Waals surface area contributed by atoms with E-state index in [1.165, 1.54) is 16.6 Å². The van der Waals surface area contributed by atoms with Crippen LogP contribution in [0.2, 0.25) is 0 Å². The summed E-state index contributed by atoms with van der Waals surface area (Å²) in [6.45, 7) is 9.08. The van der Waals surface area contributed by atoms with Crippen LogP contribution in [0.1, 0.15) is 29.8 Å². The number of benzene rings is 1. The molecule has 0 aliphatic carbocycles. The zero-order valence-corrected chi connectivity index (χ0v) is 13.1. The maximum Gasteiger partial charge on any atom is 0.151 e. The highest BCUT2D eigenvalue weighted by Crippen LogP contribution is 2.22. The molecule has 0 bridgehead atoms. The highest BCUT2D eigenvalue weighted by atomic mass is 31.1. The van der Waals surface area contributed by atoms with Crippen LogP contribution in [0.25, 0.3) is 11.0 Å². The monoisotopic (exact) mass is 276 g/mol. The number of aromatic nitrogens is 2. The van der Waals surface area contributed by atoms with Crippen LogP contribution in [-0.4, -0.2) is 21.7 Å². The van der Waals surface area contributed by atoms with Crippen LogP contribution >= 0.6 is 8.58 Å². The first-order chi connectivity index (χ1) is 9.02. The number of hydrogen-bond acceptors (Lipinski definition) is 2. The van der Waals surface area contributed by atoms with Gasteiger partial charge in [0.15, 0.2) is 5.52 Å². The molecule has 2 rings (SSSR count). The van der Waals surface area contributed by atoms with Crippen LogP contribution < -0.4 is 0 Å². The standard InChI is InChI=1S/C15H21N2OP/c1-10-8-11(2)15-13(9-10)17(12(3)16-15)7-5-6-14(18)19-4/h8-9,19H,5-7H2,1-4H3. The molecule has 2 aromatic rings. The van der Waals surface area contributed by atoms with E-state index in [0.29, 0.717) is 20.5 Å². The molecule has 0 aliphatic rings. The van der Waals surface area contributed by atoms with E-state index in [1.807, 2.05) is 13.6 Å². The van der Waals surface area contributed by atoms with Gasteiger partial charge in [-0.2, -0.15) is 0 Å². The summed E-state index contributed by atoms with van der Waals surface area (Å²) in [6, 6.07) is 4.35. The van der Waals surface area contributed by atoms with Crippen molar-refractivity contribution in [3.05, 3.63) is 29.1 Å². The summed E-state index contributed by atoms with van der Waals surface area (Å²) in [7, 11) is 0.417. The van der Waals surface area contributed by atoms with Crippen molar-refractivity contribution in [3.8, 4) is 0 Å². The Kier molecular flexibility index (Phi) is 4.36. The SMILES string of the molecule is CPC(=O)CCCn1c(C)nc2c(C)cc(C)cc21. The number of fused-ring (bicyclic) bond motifs is 1. The van der Waals surface area contributed by atoms with E-state index in [1.54, 1.807) is 0 Å². The Labute approximate surface area is 116 Å². The van der Waals surface area contributed by atoms with Crippen molar-refractivity contribution in [3.63, 3.8) is 0 Å². The fraction of sp³-hybridized carbons (Fsp3) is 0.467. The Balaban J connectivity index is 2.27. The summed E-state index contributed by atoms with van der Waals surface area (Å²) in [6.07, 6.45) is 1.58. The molecule has 1 aromatic heterocycles. The van der Waals surface area contributed by atoms with Crippen molar-refractivity contribution in [2.45, 2.75) is 40.2 Å². The molecule has 0 saturated carbocycles. The van der Waals surface area contributed by atoms with Crippen LogP contribution in [0.15, 0.2) is 12.1 Å². The molecule has 1 atom stereocenters. The molecule has 0 saturated heterocycles. The van der Waals surface area contributed by atoms with Gasteiger partial charge in [0.1, 0.15) is 5.82 Å². The topological polar surface area (TPSA) is 34.9 Å². The Hall–Kier alpha value is -1.21. The summed E-state index contributed by atoms with van der Waals surface area (Å²) in [5.41, 5.74) is 5.14. The number of carbonyl (C=O) groups excluding carboxylic acids is 1. The maximum absolute atomic E-state index is 11.4. The van der Waals surface area contributed by atoms with Crippen LogP contribution in [0.3, 0.4) is 0 Å². The molecule has 0 amide bonds. The summed E-state index contributed by atoms with van der Waals surface area (Å²) in [5.74, 6) is 1.04. The van der Waals surface area contributed by atoms with E-state index in [-0.39, 0.29) is 0 Å². The van der Waals surface area contributed by atoms with Crippen molar-refractivity contribution in [1.82, 2.24) is 9.55 Å². The van der Waals surface area contributed by atoms with Gasteiger partial charge in [-0.15, -0.1) is 0 Å². The Bertz CT molecular complexity index is 616. The number of imidazole rings is 1. The van der Waals surface area contributed by atoms with Crippen LogP contribution in [0.4, 0.5) is 0 Å². The minimum absolute atomic E-state index is 0.370. The van der Waals surface area contributed by atoms with E-state index < -0.39 is 0 Å². The molecule has 0 aliphatic heterocycles. The molecule has 1 unspecified atom stereocenters. The van der Waals surface area contributed by atoms with Crippen LogP contribution in [0.5, 0.6) is 0 Å². The minimum Gasteiger partial charge on any atom is -0.328 e. The number of rotatable bonds is 5. The lowest BCUT2D eigenvalue weighted by molar-refractivity contribution is -0.111. The van der Waals surface area contributed by atoms with Gasteiger partial charge in [-0.25, -0.2) is 4.98 Å². The lowest BCUT2D eigenvalue weighted by atomic mass is 10.1. The van der Waals surface area contributed by atoms with Crippen molar-refractivity contribution in [2.24, 2.45) is 0 Å². The van der Waals surface area contributed by atoms with E-state index in [4.69, 9.17) is 0 Å². The van der Waals surface area contributed by atoms with E-state index in [0.717, 1.165) is 24.3 Å². The summed E-state index contributed by atoms with van der Waals surface area (Å²) in [5, 5.41) is 0. The zero-order valence-electron chi connectivity index (χ0n) is 12.1. The second-order valence-electron chi connectivity index (χ2n) is 5.04. The van der Waals surface area contributed by atoms with E-state index in [2.05, 4.69) is 35.5 Å². The summed E-state index contributed by atoms with van der Waals surface area (Å²) >= 11 is 0. The molecular formula is C15H21N2OP. The predicted octanol–water partition coefficient (Wildman–Crippen LogP) is 3.58. The number of aryl methyl sites for hydroxylation is 4. The quantitative estimate of drug-likeness (QED) is 0.782. The first kappa shape index (κ1) is 14.2. The second kappa shape index (κ2) is 5.83. The summed E-state index contributed by atoms with van der Waals surface area (Å²) < 4.78 is 2.24. The molecule has 3 nitrogen and oxygen atoms in total. The molecule has 102 valence electrons. The third-order valence-corrected chi connectivity index (χ3v) is 4.25. The van der Waals surface area contributed by atoms with Gasteiger partial charge in [-0.3, -0.25) is 4.79 Å². The number of nitrogens with zero attached hydrogens (tertiary/aromatic N) is 2. The van der Waals surface area contributed by atoms with Gasteiger partial charge in [-0.1, -0.05) is 14.6 Å². The van der Waals surface area contributed by atoms with E-state index in [9.17, 15) is 4.79 Å². The Morgan fingerprint density at radius 1 is 1.32 bits per heavy atom. The average molecular weight is 276 g/mol. The van der Waals surface area contributed by atoms with Crippen molar-refractivity contribution in [2.75, 3.05) is 6.66 Å². The molecule has 4 heteroatoms. The van der Waals surface area contributed by atoms with Gasteiger partial charge in [0.25, 0.3) is 0 Å². The van der Waals surface area contributed by atoms with Crippen LogP contribution in [0, 0.1) is 20.8 Å². The first-order valence-electron chi connectivity index (χ1n) is 6.67. The molecule has 1 heterocycles. The fourth-order valence-corrected chi connectivity index (χ4v) is 2.92. The molecule has 19 heavy (non-hydrogen) atoms. The average Bonchev–Trinajstić information content (AvgIpc) is 2.67. The van der Waals surface area contributed by atoms with Crippen molar-refractivity contribution in [1.29, 1.82) is 0 Å². The molecule has 0 N–H and O–H groups in total. The highest BCUT2D eigenvalue weighted by molar-refractivity contribution is 7.57. The van der Waals surface area contributed by atoms with Gasteiger partial charge in [0, 0.05) is 13.0 Å². The van der Waals surface area contributed by atoms with E-state index >= 15 is 0 Å². The smallest absolute Gasteiger partial charge is 0.151 e. The third-order valence-electron chi connectivity index (χ3n) is 3.44. The number of carbonyl (C=O) groups is 1. The summed E-state index contributed by atoms with van der Waals surface area (Å²) in [4.78, 5) is 16.0. The number of hydrogen-bond donors (Lipinski definition) is 0. The molecule has 0 fully saturated rings. The molecular weight excluding hydrogens is 255 g/mol. The molecule has 0 radical (unpaired) electrons. The van der Waals surface area contributed by atoms with Gasteiger partial charge in [0.2, 0.25) is 0 Å². The maximum atomic E-state index is 11.4. The highest BCUT2D eigenvalue weighted by Gasteiger charge is 2.10. The third kappa shape index (κ3) is 3.03. The lowest BCUT2D eigenvalue weighted by Crippen LogP contribution is -2.02. The van der Waals surface area contributed by atoms with Gasteiger partial charge in [0.05, 0.1) is 11.0 Å². The Morgan fingerprint density at radius 2 is 2.05 bits per heavy atom. The zero-order chi connectivity index (χ0) is 14.0. The first-order valence-corrected chi connectivity index (χ1v) is 8.17. The fourth-order valence-electron chi connectivity index (χ4n) is 2.49. The van der Waals surface area contributed by atoms with Crippen molar-refractivity contribution < 1.29 is 4.79 Å². The van der Waals surface area contributed by atoms with Gasteiger partial charge < -0.3 is 4.57 Å². The largest absolute Gasteiger partial charge is 0.328 e. The molecule has 0 spiro atoms. The lowest BCUT2D eigenvalue weighted by Gasteiger charge is -2.07. The minimum atomic E-state index is 0.370. The Morgan fingerprint density at radius 3 is 2.74 bits per heavy atom. The van der Waals surface area contributed by atoms with Crippen molar-refractivity contribution >= 4 is 25.1 Å². The predicted molar refractivity (Wildman–Crippen MR) is 82.4 cm³/mol. The molecule has 1 aromatic carbocycles. The van der Waals surface area contributed by atoms with Crippen LogP contribution in [-0.2, 0) is 11.3 Å². The normalized spacial score (nSPS) is 11.8.